The number of hydrogen-bond acceptors (Lipinski definition) is 2. The average Bonchev–Trinajstić information content (AvgIpc) is 2.25. The van der Waals surface area contributed by atoms with Crippen LogP contribution in [0.5, 0.6) is 0 Å². The van der Waals surface area contributed by atoms with E-state index in [1.54, 1.807) is 0 Å². The van der Waals surface area contributed by atoms with Crippen LogP contribution in [0.1, 0.15) is 25.0 Å². The van der Waals surface area contributed by atoms with Crippen LogP contribution in [-0.2, 0) is 6.54 Å². The van der Waals surface area contributed by atoms with E-state index in [0.29, 0.717) is 6.04 Å². The molecule has 0 aliphatic rings. The van der Waals surface area contributed by atoms with Crippen LogP contribution < -0.4 is 5.32 Å². The maximum atomic E-state index is 3.55. The molecule has 0 amide bonds. The molecular weight excluding hydrogens is 202 g/mol. The van der Waals surface area contributed by atoms with E-state index in [2.05, 4.69) is 50.4 Å². The maximum Gasteiger partial charge on any atom is 0.0210 e. The minimum atomic E-state index is 0.592. The molecule has 0 aliphatic heterocycles. The van der Waals surface area contributed by atoms with Gasteiger partial charge in [0, 0.05) is 18.3 Å². The van der Waals surface area contributed by atoms with E-state index in [1.165, 1.54) is 22.6 Å². The van der Waals surface area contributed by atoms with Gasteiger partial charge in [-0.25, -0.2) is 0 Å². The Kier molecular flexibility index (Phi) is 5.81. The molecule has 0 bridgehead atoms. The van der Waals surface area contributed by atoms with Crippen molar-refractivity contribution in [3.8, 4) is 0 Å². The molecule has 1 nitrogen and oxygen atoms in total. The van der Waals surface area contributed by atoms with Gasteiger partial charge in [0.25, 0.3) is 0 Å². The SMILES string of the molecule is CCSCC(C)NCc1ccccc1C. The van der Waals surface area contributed by atoms with Gasteiger partial charge in [0.15, 0.2) is 0 Å². The highest BCUT2D eigenvalue weighted by molar-refractivity contribution is 7.99. The predicted octanol–water partition coefficient (Wildman–Crippen LogP) is 3.23. The van der Waals surface area contributed by atoms with Crippen molar-refractivity contribution >= 4 is 11.8 Å². The fourth-order valence-electron chi connectivity index (χ4n) is 1.45. The minimum absolute atomic E-state index is 0.592. The predicted molar refractivity (Wildman–Crippen MR) is 70.5 cm³/mol. The van der Waals surface area contributed by atoms with Gasteiger partial charge in [-0.05, 0) is 30.7 Å². The van der Waals surface area contributed by atoms with Crippen molar-refractivity contribution in [1.29, 1.82) is 0 Å². The topological polar surface area (TPSA) is 12.0 Å². The molecule has 1 aromatic carbocycles. The lowest BCUT2D eigenvalue weighted by Gasteiger charge is -2.14. The standard InChI is InChI=1S/C13H21NS/c1-4-15-10-12(3)14-9-13-8-6-5-7-11(13)2/h5-8,12,14H,4,9-10H2,1-3H3. The van der Waals surface area contributed by atoms with Gasteiger partial charge >= 0.3 is 0 Å². The molecule has 0 spiro atoms. The average molecular weight is 223 g/mol. The Morgan fingerprint density at radius 1 is 1.33 bits per heavy atom. The molecule has 1 atom stereocenters. The third kappa shape index (κ3) is 4.72. The molecule has 2 heteroatoms. The maximum absolute atomic E-state index is 3.55. The quantitative estimate of drug-likeness (QED) is 0.794. The summed E-state index contributed by atoms with van der Waals surface area (Å²) in [5, 5.41) is 3.55. The lowest BCUT2D eigenvalue weighted by Crippen LogP contribution is -2.28. The Bertz CT molecular complexity index is 286. The Hall–Kier alpha value is -0.470. The van der Waals surface area contributed by atoms with Gasteiger partial charge < -0.3 is 5.32 Å². The third-order valence-electron chi connectivity index (χ3n) is 2.47. The summed E-state index contributed by atoms with van der Waals surface area (Å²) in [4.78, 5) is 0. The van der Waals surface area contributed by atoms with Gasteiger partial charge in [-0.3, -0.25) is 0 Å². The van der Waals surface area contributed by atoms with Gasteiger partial charge in [0.05, 0.1) is 0 Å². The molecular formula is C13H21NS. The van der Waals surface area contributed by atoms with E-state index in [-0.39, 0.29) is 0 Å². The first-order chi connectivity index (χ1) is 7.24. The molecule has 0 aromatic heterocycles. The van der Waals surface area contributed by atoms with Crippen molar-refractivity contribution in [2.45, 2.75) is 33.4 Å². The Morgan fingerprint density at radius 2 is 2.07 bits per heavy atom. The molecule has 0 saturated heterocycles. The Balaban J connectivity index is 2.33. The van der Waals surface area contributed by atoms with Crippen LogP contribution in [0.3, 0.4) is 0 Å². The molecule has 0 aliphatic carbocycles. The monoisotopic (exact) mass is 223 g/mol. The number of rotatable bonds is 6. The Morgan fingerprint density at radius 3 is 2.73 bits per heavy atom. The summed E-state index contributed by atoms with van der Waals surface area (Å²) in [7, 11) is 0. The summed E-state index contributed by atoms with van der Waals surface area (Å²) in [5.74, 6) is 2.40. The Labute approximate surface area is 97.7 Å². The largest absolute Gasteiger partial charge is 0.309 e. The lowest BCUT2D eigenvalue weighted by atomic mass is 10.1. The summed E-state index contributed by atoms with van der Waals surface area (Å²) in [6.45, 7) is 7.61. The summed E-state index contributed by atoms with van der Waals surface area (Å²) < 4.78 is 0. The fraction of sp³-hybridized carbons (Fsp3) is 0.538. The number of benzene rings is 1. The number of nitrogens with one attached hydrogen (secondary N) is 1. The van der Waals surface area contributed by atoms with Crippen molar-refractivity contribution in [3.63, 3.8) is 0 Å². The molecule has 1 rings (SSSR count). The van der Waals surface area contributed by atoms with Gasteiger partial charge in [0.2, 0.25) is 0 Å². The van der Waals surface area contributed by atoms with Gasteiger partial charge in [0.1, 0.15) is 0 Å². The summed E-state index contributed by atoms with van der Waals surface area (Å²) in [6.07, 6.45) is 0. The van der Waals surface area contributed by atoms with Gasteiger partial charge in [-0.1, -0.05) is 31.2 Å². The number of hydrogen-bond donors (Lipinski definition) is 1. The zero-order valence-corrected chi connectivity index (χ0v) is 10.7. The van der Waals surface area contributed by atoms with Crippen molar-refractivity contribution in [2.75, 3.05) is 11.5 Å². The van der Waals surface area contributed by atoms with E-state index in [1.807, 2.05) is 11.8 Å². The smallest absolute Gasteiger partial charge is 0.0210 e. The van der Waals surface area contributed by atoms with E-state index in [0.717, 1.165) is 6.54 Å². The first kappa shape index (κ1) is 12.6. The van der Waals surface area contributed by atoms with Crippen LogP contribution in [0.25, 0.3) is 0 Å². The van der Waals surface area contributed by atoms with E-state index in [4.69, 9.17) is 0 Å². The van der Waals surface area contributed by atoms with E-state index in [9.17, 15) is 0 Å². The molecule has 0 saturated carbocycles. The van der Waals surface area contributed by atoms with Crippen LogP contribution in [0.4, 0.5) is 0 Å². The second kappa shape index (κ2) is 6.91. The first-order valence-electron chi connectivity index (χ1n) is 5.59. The summed E-state index contributed by atoms with van der Waals surface area (Å²) in [6, 6.07) is 9.16. The highest BCUT2D eigenvalue weighted by atomic mass is 32.2. The summed E-state index contributed by atoms with van der Waals surface area (Å²) >= 11 is 1.99. The van der Waals surface area contributed by atoms with Crippen molar-refractivity contribution in [3.05, 3.63) is 35.4 Å². The van der Waals surface area contributed by atoms with Crippen molar-refractivity contribution in [1.82, 2.24) is 5.32 Å². The second-order valence-corrected chi connectivity index (χ2v) is 5.19. The van der Waals surface area contributed by atoms with Crippen LogP contribution in [0.2, 0.25) is 0 Å². The summed E-state index contributed by atoms with van der Waals surface area (Å²) in [5.41, 5.74) is 2.78. The molecule has 0 radical (unpaired) electrons. The minimum Gasteiger partial charge on any atom is -0.309 e. The highest BCUT2D eigenvalue weighted by Gasteiger charge is 2.02. The van der Waals surface area contributed by atoms with Crippen molar-refractivity contribution < 1.29 is 0 Å². The molecule has 1 unspecified atom stereocenters. The zero-order valence-electron chi connectivity index (χ0n) is 9.92. The molecule has 1 N–H and O–H groups in total. The fourth-order valence-corrected chi connectivity index (χ4v) is 2.15. The first-order valence-corrected chi connectivity index (χ1v) is 6.75. The molecule has 84 valence electrons. The molecule has 15 heavy (non-hydrogen) atoms. The van der Waals surface area contributed by atoms with Crippen LogP contribution in [0, 0.1) is 6.92 Å². The third-order valence-corrected chi connectivity index (χ3v) is 3.62. The van der Waals surface area contributed by atoms with E-state index >= 15 is 0 Å². The zero-order chi connectivity index (χ0) is 11.1. The van der Waals surface area contributed by atoms with Crippen LogP contribution >= 0.6 is 11.8 Å². The lowest BCUT2D eigenvalue weighted by molar-refractivity contribution is 0.594. The van der Waals surface area contributed by atoms with Gasteiger partial charge in [-0.2, -0.15) is 11.8 Å². The number of aryl methyl sites for hydroxylation is 1. The molecule has 0 fully saturated rings. The van der Waals surface area contributed by atoms with Crippen LogP contribution in [0.15, 0.2) is 24.3 Å². The molecule has 1 aromatic rings. The second-order valence-electron chi connectivity index (χ2n) is 3.87. The van der Waals surface area contributed by atoms with Crippen molar-refractivity contribution in [2.24, 2.45) is 0 Å². The van der Waals surface area contributed by atoms with Gasteiger partial charge in [-0.15, -0.1) is 0 Å². The highest BCUT2D eigenvalue weighted by Crippen LogP contribution is 2.07. The van der Waals surface area contributed by atoms with E-state index < -0.39 is 0 Å². The van der Waals surface area contributed by atoms with Crippen LogP contribution in [-0.4, -0.2) is 17.5 Å². The normalized spacial score (nSPS) is 12.7. The number of thioether (sulfide) groups is 1. The molecule has 0 heterocycles.